The quantitative estimate of drug-likeness (QED) is 0.695. The van der Waals surface area contributed by atoms with Crippen molar-refractivity contribution in [3.63, 3.8) is 0 Å². The van der Waals surface area contributed by atoms with Gasteiger partial charge in [-0.15, -0.1) is 0 Å². The SMILES string of the molecule is Cc1nn(CCC#N)c(C)c1CCC(=O)NC1CCN(Cc2ccc(Cl)cc2)CC1. The molecule has 1 saturated heterocycles. The van der Waals surface area contributed by atoms with Crippen LogP contribution in [-0.2, 0) is 24.3 Å². The van der Waals surface area contributed by atoms with Crippen LogP contribution in [0.25, 0.3) is 0 Å². The number of halogens is 1. The van der Waals surface area contributed by atoms with Gasteiger partial charge in [-0.3, -0.25) is 14.4 Å². The first-order valence-electron chi connectivity index (χ1n) is 10.6. The minimum absolute atomic E-state index is 0.106. The number of nitrogens with zero attached hydrogens (tertiary/aromatic N) is 4. The molecule has 2 aromatic rings. The highest BCUT2D eigenvalue weighted by molar-refractivity contribution is 6.30. The van der Waals surface area contributed by atoms with E-state index in [1.54, 1.807) is 0 Å². The Kier molecular flexibility index (Phi) is 7.89. The van der Waals surface area contributed by atoms with Crippen LogP contribution in [-0.4, -0.2) is 39.7 Å². The lowest BCUT2D eigenvalue weighted by molar-refractivity contribution is -0.122. The van der Waals surface area contributed by atoms with E-state index in [2.05, 4.69) is 33.5 Å². The van der Waals surface area contributed by atoms with Crippen LogP contribution in [0.1, 0.15) is 48.2 Å². The van der Waals surface area contributed by atoms with E-state index in [1.165, 1.54) is 5.56 Å². The summed E-state index contributed by atoms with van der Waals surface area (Å²) in [7, 11) is 0. The molecule has 1 aliphatic heterocycles. The van der Waals surface area contributed by atoms with Crippen LogP contribution in [0.5, 0.6) is 0 Å². The molecular formula is C23H30ClN5O. The average molecular weight is 428 g/mol. The molecule has 0 unspecified atom stereocenters. The number of likely N-dealkylation sites (tertiary alicyclic amines) is 1. The topological polar surface area (TPSA) is 73.9 Å². The normalized spacial score (nSPS) is 15.1. The van der Waals surface area contributed by atoms with Crippen molar-refractivity contribution in [3.05, 3.63) is 51.8 Å². The standard InChI is InChI=1S/C23H30ClN5O/c1-17-22(18(2)29(27-17)13-3-12-25)8-9-23(30)26-21-10-14-28(15-11-21)16-19-4-6-20(24)7-5-19/h4-7,21H,3,8-11,13-16H2,1-2H3,(H,26,30). The minimum Gasteiger partial charge on any atom is -0.353 e. The van der Waals surface area contributed by atoms with Crippen molar-refractivity contribution in [2.45, 2.75) is 65.1 Å². The second-order valence-corrected chi connectivity index (χ2v) is 8.46. The fraction of sp³-hybridized carbons (Fsp3) is 0.522. The molecule has 3 rings (SSSR count). The third kappa shape index (κ3) is 6.07. The van der Waals surface area contributed by atoms with Crippen LogP contribution in [0.15, 0.2) is 24.3 Å². The molecule has 0 saturated carbocycles. The Morgan fingerprint density at radius 2 is 1.97 bits per heavy atom. The molecular weight excluding hydrogens is 398 g/mol. The van der Waals surface area contributed by atoms with Crippen molar-refractivity contribution in [2.75, 3.05) is 13.1 Å². The number of aryl methyl sites for hydroxylation is 2. The zero-order valence-electron chi connectivity index (χ0n) is 17.8. The van der Waals surface area contributed by atoms with Gasteiger partial charge in [0.1, 0.15) is 0 Å². The highest BCUT2D eigenvalue weighted by Crippen LogP contribution is 2.18. The highest BCUT2D eigenvalue weighted by Gasteiger charge is 2.21. The van der Waals surface area contributed by atoms with E-state index >= 15 is 0 Å². The van der Waals surface area contributed by atoms with Gasteiger partial charge in [0.25, 0.3) is 0 Å². The van der Waals surface area contributed by atoms with Gasteiger partial charge in [0.15, 0.2) is 0 Å². The Labute approximate surface area is 183 Å². The molecule has 0 bridgehead atoms. The fourth-order valence-corrected chi connectivity index (χ4v) is 4.22. The first-order chi connectivity index (χ1) is 14.5. The lowest BCUT2D eigenvalue weighted by atomic mass is 10.0. The van der Waals surface area contributed by atoms with Gasteiger partial charge in [-0.1, -0.05) is 23.7 Å². The molecule has 7 heteroatoms. The number of nitriles is 1. The number of benzene rings is 1. The molecule has 0 aliphatic carbocycles. The van der Waals surface area contributed by atoms with Crippen LogP contribution >= 0.6 is 11.6 Å². The molecule has 1 fully saturated rings. The van der Waals surface area contributed by atoms with E-state index < -0.39 is 0 Å². The third-order valence-electron chi connectivity index (χ3n) is 5.84. The number of nitrogens with one attached hydrogen (secondary N) is 1. The highest BCUT2D eigenvalue weighted by atomic mass is 35.5. The molecule has 0 atom stereocenters. The van der Waals surface area contributed by atoms with Crippen LogP contribution in [0.3, 0.4) is 0 Å². The predicted octanol–water partition coefficient (Wildman–Crippen LogP) is 3.78. The molecule has 0 radical (unpaired) electrons. The maximum atomic E-state index is 12.5. The summed E-state index contributed by atoms with van der Waals surface area (Å²) in [4.78, 5) is 14.9. The fourth-order valence-electron chi connectivity index (χ4n) is 4.09. The Hall–Kier alpha value is -2.36. The molecule has 1 aliphatic rings. The summed E-state index contributed by atoms with van der Waals surface area (Å²) in [5.41, 5.74) is 4.41. The average Bonchev–Trinajstić information content (AvgIpc) is 3.00. The molecule has 1 N–H and O–H groups in total. The zero-order valence-corrected chi connectivity index (χ0v) is 18.6. The lowest BCUT2D eigenvalue weighted by Crippen LogP contribution is -2.44. The number of hydrogen-bond donors (Lipinski definition) is 1. The van der Waals surface area contributed by atoms with Gasteiger partial charge in [-0.25, -0.2) is 0 Å². The monoisotopic (exact) mass is 427 g/mol. The summed E-state index contributed by atoms with van der Waals surface area (Å²) >= 11 is 5.96. The van der Waals surface area contributed by atoms with E-state index in [1.807, 2.05) is 30.7 Å². The van der Waals surface area contributed by atoms with Crippen molar-refractivity contribution < 1.29 is 4.79 Å². The van der Waals surface area contributed by atoms with Crippen LogP contribution < -0.4 is 5.32 Å². The Morgan fingerprint density at radius 1 is 1.27 bits per heavy atom. The van der Waals surface area contributed by atoms with Crippen molar-refractivity contribution in [1.82, 2.24) is 20.0 Å². The van der Waals surface area contributed by atoms with Crippen molar-refractivity contribution in [1.29, 1.82) is 5.26 Å². The molecule has 1 aromatic heterocycles. The van der Waals surface area contributed by atoms with E-state index in [9.17, 15) is 4.79 Å². The van der Waals surface area contributed by atoms with Gasteiger partial charge in [0.05, 0.1) is 24.7 Å². The summed E-state index contributed by atoms with van der Waals surface area (Å²) < 4.78 is 1.88. The molecule has 0 spiro atoms. The first kappa shape index (κ1) is 22.3. The molecule has 1 aromatic carbocycles. The maximum absolute atomic E-state index is 12.5. The molecule has 160 valence electrons. The zero-order chi connectivity index (χ0) is 21.5. The summed E-state index contributed by atoms with van der Waals surface area (Å²) in [5.74, 6) is 0.106. The summed E-state index contributed by atoms with van der Waals surface area (Å²) in [6, 6.07) is 10.4. The van der Waals surface area contributed by atoms with Crippen LogP contribution in [0, 0.1) is 25.2 Å². The number of amides is 1. The van der Waals surface area contributed by atoms with Crippen molar-refractivity contribution in [3.8, 4) is 6.07 Å². The number of rotatable bonds is 8. The van der Waals surface area contributed by atoms with E-state index in [0.29, 0.717) is 25.8 Å². The third-order valence-corrected chi connectivity index (χ3v) is 6.09. The van der Waals surface area contributed by atoms with Crippen LogP contribution in [0.4, 0.5) is 0 Å². The van der Waals surface area contributed by atoms with Crippen molar-refractivity contribution in [2.24, 2.45) is 0 Å². The predicted molar refractivity (Wildman–Crippen MR) is 118 cm³/mol. The van der Waals surface area contributed by atoms with Gasteiger partial charge < -0.3 is 5.32 Å². The Morgan fingerprint density at radius 3 is 2.63 bits per heavy atom. The Bertz CT molecular complexity index is 892. The molecule has 6 nitrogen and oxygen atoms in total. The van der Waals surface area contributed by atoms with Gasteiger partial charge in [0.2, 0.25) is 5.91 Å². The smallest absolute Gasteiger partial charge is 0.220 e. The summed E-state index contributed by atoms with van der Waals surface area (Å²) in [6.07, 6.45) is 3.55. The summed E-state index contributed by atoms with van der Waals surface area (Å²) in [5, 5.41) is 17.3. The van der Waals surface area contributed by atoms with Gasteiger partial charge in [0, 0.05) is 42.8 Å². The summed E-state index contributed by atoms with van der Waals surface area (Å²) in [6.45, 7) is 7.48. The Balaban J connectivity index is 1.41. The van der Waals surface area contributed by atoms with Crippen LogP contribution in [0.2, 0.25) is 5.02 Å². The van der Waals surface area contributed by atoms with Gasteiger partial charge >= 0.3 is 0 Å². The van der Waals surface area contributed by atoms with E-state index in [-0.39, 0.29) is 11.9 Å². The number of carbonyl (C=O) groups excluding carboxylic acids is 1. The van der Waals surface area contributed by atoms with Crippen molar-refractivity contribution >= 4 is 17.5 Å². The second kappa shape index (κ2) is 10.6. The first-order valence-corrected chi connectivity index (χ1v) is 11.0. The number of aromatic nitrogens is 2. The van der Waals surface area contributed by atoms with E-state index in [0.717, 1.165) is 54.4 Å². The molecule has 1 amide bonds. The minimum atomic E-state index is 0.106. The largest absolute Gasteiger partial charge is 0.353 e. The molecule has 30 heavy (non-hydrogen) atoms. The number of carbonyl (C=O) groups is 1. The molecule has 2 heterocycles. The van der Waals surface area contributed by atoms with Gasteiger partial charge in [-0.2, -0.15) is 10.4 Å². The van der Waals surface area contributed by atoms with Gasteiger partial charge in [-0.05, 0) is 56.4 Å². The maximum Gasteiger partial charge on any atom is 0.220 e. The number of hydrogen-bond acceptors (Lipinski definition) is 4. The second-order valence-electron chi connectivity index (χ2n) is 8.03. The number of piperidine rings is 1. The van der Waals surface area contributed by atoms with E-state index in [4.69, 9.17) is 16.9 Å². The lowest BCUT2D eigenvalue weighted by Gasteiger charge is -2.32.